The van der Waals surface area contributed by atoms with Crippen molar-refractivity contribution in [3.05, 3.63) is 47.3 Å². The first-order chi connectivity index (χ1) is 11.4. The van der Waals surface area contributed by atoms with Crippen molar-refractivity contribution in [2.45, 2.75) is 47.5 Å². The van der Waals surface area contributed by atoms with Crippen LogP contribution in [-0.4, -0.2) is 22.2 Å². The summed E-state index contributed by atoms with van der Waals surface area (Å²) in [6.07, 6.45) is 1.57. The van der Waals surface area contributed by atoms with Crippen molar-refractivity contribution >= 4 is 5.91 Å². The zero-order valence-corrected chi connectivity index (χ0v) is 15.5. The first-order valence-electron chi connectivity index (χ1n) is 8.88. The lowest BCUT2D eigenvalue weighted by Gasteiger charge is -2.10. The highest BCUT2D eigenvalue weighted by Gasteiger charge is 2.23. The van der Waals surface area contributed by atoms with Crippen LogP contribution in [0, 0.1) is 11.8 Å². The molecule has 0 unspecified atom stereocenters. The lowest BCUT2D eigenvalue weighted by molar-refractivity contribution is 0.0947. The number of nitrogens with zero attached hydrogens (tertiary/aromatic N) is 2. The second kappa shape index (κ2) is 8.13. The first-order valence-corrected chi connectivity index (χ1v) is 8.88. The van der Waals surface area contributed by atoms with Crippen molar-refractivity contribution in [2.75, 3.05) is 6.54 Å². The summed E-state index contributed by atoms with van der Waals surface area (Å²) >= 11 is 0. The molecule has 2 aromatic rings. The van der Waals surface area contributed by atoms with Crippen LogP contribution in [0.2, 0.25) is 0 Å². The molecule has 0 bridgehead atoms. The fraction of sp³-hybridized carbons (Fsp3) is 0.500. The average Bonchev–Trinajstić information content (AvgIpc) is 2.91. The maximum Gasteiger partial charge on any atom is 0.255 e. The van der Waals surface area contributed by atoms with Crippen LogP contribution in [-0.2, 0) is 12.8 Å². The van der Waals surface area contributed by atoms with Gasteiger partial charge in [-0.15, -0.1) is 0 Å². The molecule has 4 nitrogen and oxygen atoms in total. The van der Waals surface area contributed by atoms with Gasteiger partial charge in [-0.1, -0.05) is 52.8 Å². The van der Waals surface area contributed by atoms with E-state index in [4.69, 9.17) is 5.10 Å². The molecule has 130 valence electrons. The van der Waals surface area contributed by atoms with Crippen molar-refractivity contribution in [2.24, 2.45) is 11.8 Å². The molecule has 1 N–H and O–H groups in total. The summed E-state index contributed by atoms with van der Waals surface area (Å²) in [5.74, 6) is 0.876. The molecule has 1 heterocycles. The van der Waals surface area contributed by atoms with E-state index in [2.05, 4.69) is 39.9 Å². The van der Waals surface area contributed by atoms with E-state index in [1.54, 1.807) is 0 Å². The largest absolute Gasteiger partial charge is 0.352 e. The van der Waals surface area contributed by atoms with Gasteiger partial charge in [0.1, 0.15) is 0 Å². The minimum absolute atomic E-state index is 0.00150. The molecule has 1 aromatic carbocycles. The number of carbonyl (C=O) groups is 1. The van der Waals surface area contributed by atoms with Crippen molar-refractivity contribution in [3.63, 3.8) is 0 Å². The minimum Gasteiger partial charge on any atom is -0.352 e. The van der Waals surface area contributed by atoms with Crippen LogP contribution in [0.1, 0.15) is 56.4 Å². The molecule has 0 fully saturated rings. The maximum absolute atomic E-state index is 12.8. The normalized spacial score (nSPS) is 11.3. The van der Waals surface area contributed by atoms with Crippen molar-refractivity contribution in [3.8, 4) is 5.69 Å². The van der Waals surface area contributed by atoms with Crippen molar-refractivity contribution in [1.82, 2.24) is 15.1 Å². The molecule has 4 heteroatoms. The van der Waals surface area contributed by atoms with Crippen LogP contribution in [0.4, 0.5) is 0 Å². The zero-order chi connectivity index (χ0) is 17.7. The molecular formula is C20H29N3O. The monoisotopic (exact) mass is 327 g/mol. The van der Waals surface area contributed by atoms with Gasteiger partial charge in [-0.25, -0.2) is 4.68 Å². The van der Waals surface area contributed by atoms with E-state index in [9.17, 15) is 4.79 Å². The van der Waals surface area contributed by atoms with Crippen LogP contribution >= 0.6 is 0 Å². The number of aromatic nitrogens is 2. The number of rotatable bonds is 7. The van der Waals surface area contributed by atoms with E-state index >= 15 is 0 Å². The van der Waals surface area contributed by atoms with E-state index in [1.807, 2.05) is 35.0 Å². The Morgan fingerprint density at radius 1 is 1.12 bits per heavy atom. The van der Waals surface area contributed by atoms with Crippen LogP contribution in [0.5, 0.6) is 0 Å². The standard InChI is InChI=1S/C20H29N3O/c1-6-18-19(20(24)21-13-15(4)5)17(12-14(2)3)22-23(18)16-10-8-7-9-11-16/h7-11,14-15H,6,12-13H2,1-5H3,(H,21,24). The molecule has 0 aliphatic heterocycles. The van der Waals surface area contributed by atoms with E-state index in [-0.39, 0.29) is 5.91 Å². The molecule has 0 saturated heterocycles. The minimum atomic E-state index is -0.00150. The van der Waals surface area contributed by atoms with Gasteiger partial charge in [0.2, 0.25) is 0 Å². The Bertz CT molecular complexity index is 672. The topological polar surface area (TPSA) is 46.9 Å². The molecule has 2 rings (SSSR count). The van der Waals surface area contributed by atoms with Crippen LogP contribution < -0.4 is 5.32 Å². The van der Waals surface area contributed by atoms with Crippen LogP contribution in [0.3, 0.4) is 0 Å². The Balaban J connectivity index is 2.49. The zero-order valence-electron chi connectivity index (χ0n) is 15.5. The van der Waals surface area contributed by atoms with Gasteiger partial charge in [0.25, 0.3) is 5.91 Å². The van der Waals surface area contributed by atoms with Gasteiger partial charge < -0.3 is 5.32 Å². The summed E-state index contributed by atoms with van der Waals surface area (Å²) in [5, 5.41) is 7.85. The highest BCUT2D eigenvalue weighted by atomic mass is 16.1. The van der Waals surface area contributed by atoms with Gasteiger partial charge in [-0.2, -0.15) is 5.10 Å². The molecule has 0 spiro atoms. The van der Waals surface area contributed by atoms with Gasteiger partial charge in [0, 0.05) is 6.54 Å². The van der Waals surface area contributed by atoms with E-state index in [1.165, 1.54) is 0 Å². The number of para-hydroxylation sites is 1. The Morgan fingerprint density at radius 3 is 2.33 bits per heavy atom. The third-order valence-electron chi connectivity index (χ3n) is 3.89. The number of hydrogen-bond donors (Lipinski definition) is 1. The van der Waals surface area contributed by atoms with E-state index in [0.29, 0.717) is 18.4 Å². The van der Waals surface area contributed by atoms with Gasteiger partial charge in [0.05, 0.1) is 22.6 Å². The second-order valence-electron chi connectivity index (χ2n) is 7.07. The average molecular weight is 327 g/mol. The molecule has 0 saturated carbocycles. The highest BCUT2D eigenvalue weighted by molar-refractivity contribution is 5.96. The van der Waals surface area contributed by atoms with Gasteiger partial charge in [-0.05, 0) is 36.8 Å². The van der Waals surface area contributed by atoms with E-state index < -0.39 is 0 Å². The lowest BCUT2D eigenvalue weighted by atomic mass is 10.0. The molecule has 0 atom stereocenters. The lowest BCUT2D eigenvalue weighted by Crippen LogP contribution is -2.29. The molecule has 1 aromatic heterocycles. The number of nitrogens with one attached hydrogen (secondary N) is 1. The summed E-state index contributed by atoms with van der Waals surface area (Å²) in [7, 11) is 0. The maximum atomic E-state index is 12.8. The fourth-order valence-electron chi connectivity index (χ4n) is 2.79. The summed E-state index contributed by atoms with van der Waals surface area (Å²) in [4.78, 5) is 12.8. The fourth-order valence-corrected chi connectivity index (χ4v) is 2.79. The van der Waals surface area contributed by atoms with Crippen LogP contribution in [0.15, 0.2) is 30.3 Å². The molecule has 0 aliphatic carbocycles. The third kappa shape index (κ3) is 4.25. The Labute approximate surface area is 145 Å². The van der Waals surface area contributed by atoms with Crippen LogP contribution in [0.25, 0.3) is 5.69 Å². The summed E-state index contributed by atoms with van der Waals surface area (Å²) in [6.45, 7) is 11.3. The molecule has 0 radical (unpaired) electrons. The Hall–Kier alpha value is -2.10. The number of hydrogen-bond acceptors (Lipinski definition) is 2. The molecule has 0 aliphatic rings. The van der Waals surface area contributed by atoms with Gasteiger partial charge >= 0.3 is 0 Å². The second-order valence-corrected chi connectivity index (χ2v) is 7.07. The van der Waals surface area contributed by atoms with Crippen molar-refractivity contribution < 1.29 is 4.79 Å². The number of amides is 1. The first kappa shape index (κ1) is 18.2. The quantitative estimate of drug-likeness (QED) is 0.835. The Kier molecular flexibility index (Phi) is 6.18. The van der Waals surface area contributed by atoms with Gasteiger partial charge in [0.15, 0.2) is 0 Å². The third-order valence-corrected chi connectivity index (χ3v) is 3.89. The number of carbonyl (C=O) groups excluding carboxylic acids is 1. The molecular weight excluding hydrogens is 298 g/mol. The predicted octanol–water partition coefficient (Wildman–Crippen LogP) is 4.02. The predicted molar refractivity (Wildman–Crippen MR) is 98.7 cm³/mol. The van der Waals surface area contributed by atoms with E-state index in [0.717, 1.165) is 35.5 Å². The molecule has 24 heavy (non-hydrogen) atoms. The number of benzene rings is 1. The van der Waals surface area contributed by atoms with Gasteiger partial charge in [-0.3, -0.25) is 4.79 Å². The summed E-state index contributed by atoms with van der Waals surface area (Å²) in [6, 6.07) is 10.0. The highest BCUT2D eigenvalue weighted by Crippen LogP contribution is 2.22. The Morgan fingerprint density at radius 2 is 1.79 bits per heavy atom. The summed E-state index contributed by atoms with van der Waals surface area (Å²) in [5.41, 5.74) is 3.64. The molecule has 1 amide bonds. The SMILES string of the molecule is CCc1c(C(=O)NCC(C)C)c(CC(C)C)nn1-c1ccccc1. The smallest absolute Gasteiger partial charge is 0.255 e. The summed E-state index contributed by atoms with van der Waals surface area (Å²) < 4.78 is 1.93. The van der Waals surface area contributed by atoms with Crippen molar-refractivity contribution in [1.29, 1.82) is 0 Å².